The number of hydrogen-bond donors (Lipinski definition) is 1. The van der Waals surface area contributed by atoms with Crippen molar-refractivity contribution in [1.82, 2.24) is 4.31 Å². The van der Waals surface area contributed by atoms with Gasteiger partial charge in [-0.1, -0.05) is 17.7 Å². The van der Waals surface area contributed by atoms with Crippen molar-refractivity contribution >= 4 is 44.6 Å². The molecule has 6 nitrogen and oxygen atoms in total. The molecular weight excluding hydrogens is 384 g/mol. The topological polar surface area (TPSA) is 75.7 Å². The number of hydrogen-bond acceptors (Lipinski definition) is 5. The first kappa shape index (κ1) is 18.3. The number of nitrogens with one attached hydrogen (secondary N) is 1. The van der Waals surface area contributed by atoms with Crippen molar-refractivity contribution in [3.05, 3.63) is 45.1 Å². The van der Waals surface area contributed by atoms with E-state index in [4.69, 9.17) is 16.3 Å². The van der Waals surface area contributed by atoms with Gasteiger partial charge in [-0.05, 0) is 36.1 Å². The van der Waals surface area contributed by atoms with E-state index < -0.39 is 15.9 Å². The quantitative estimate of drug-likeness (QED) is 0.856. The van der Waals surface area contributed by atoms with Crippen molar-refractivity contribution in [2.24, 2.45) is 0 Å². The van der Waals surface area contributed by atoms with E-state index in [0.29, 0.717) is 23.9 Å². The zero-order chi connectivity index (χ0) is 18.0. The monoisotopic (exact) mass is 400 g/mol. The highest BCUT2D eigenvalue weighted by Crippen LogP contribution is 2.27. The SMILES string of the molecule is Cc1ccc(NC(=O)c2sccc2S(=O)(=O)N2CCOCC2)cc1Cl. The minimum absolute atomic E-state index is 0.0232. The van der Waals surface area contributed by atoms with E-state index in [-0.39, 0.29) is 22.9 Å². The number of ether oxygens (including phenoxy) is 1. The fraction of sp³-hybridized carbons (Fsp3) is 0.312. The molecule has 9 heteroatoms. The molecule has 1 fully saturated rings. The number of benzene rings is 1. The van der Waals surface area contributed by atoms with Crippen LogP contribution in [0.15, 0.2) is 34.5 Å². The Morgan fingerprint density at radius 1 is 1.28 bits per heavy atom. The highest BCUT2D eigenvalue weighted by atomic mass is 35.5. The Morgan fingerprint density at radius 2 is 2.00 bits per heavy atom. The molecular formula is C16H17ClN2O4S2. The van der Waals surface area contributed by atoms with E-state index in [0.717, 1.165) is 16.9 Å². The van der Waals surface area contributed by atoms with Crippen LogP contribution in [0.3, 0.4) is 0 Å². The third kappa shape index (κ3) is 3.88. The first-order valence-electron chi connectivity index (χ1n) is 7.62. The Morgan fingerprint density at radius 3 is 2.68 bits per heavy atom. The molecule has 0 spiro atoms. The molecule has 1 saturated heterocycles. The molecule has 134 valence electrons. The number of carbonyl (C=O) groups excluding carboxylic acids is 1. The Hall–Kier alpha value is -1.45. The summed E-state index contributed by atoms with van der Waals surface area (Å²) in [6, 6.07) is 6.62. The van der Waals surface area contributed by atoms with Gasteiger partial charge in [0, 0.05) is 23.8 Å². The maximum atomic E-state index is 12.8. The number of nitrogens with zero attached hydrogens (tertiary/aromatic N) is 1. The maximum absolute atomic E-state index is 12.8. The van der Waals surface area contributed by atoms with Crippen LogP contribution in [0.25, 0.3) is 0 Å². The second-order valence-corrected chi connectivity index (χ2v) is 8.78. The standard InChI is InChI=1S/C16H17ClN2O4S2/c1-11-2-3-12(10-13(11)17)18-16(20)15-14(4-9-24-15)25(21,22)19-5-7-23-8-6-19/h2-4,9-10H,5-8H2,1H3,(H,18,20). The van der Waals surface area contributed by atoms with Crippen LogP contribution in [0, 0.1) is 6.92 Å². The second kappa shape index (κ2) is 7.43. The molecule has 2 heterocycles. The zero-order valence-electron chi connectivity index (χ0n) is 13.5. The lowest BCUT2D eigenvalue weighted by Gasteiger charge is -2.26. The minimum atomic E-state index is -3.72. The number of rotatable bonds is 4. The zero-order valence-corrected chi connectivity index (χ0v) is 15.9. The van der Waals surface area contributed by atoms with Crippen LogP contribution in [-0.4, -0.2) is 44.9 Å². The van der Waals surface area contributed by atoms with Gasteiger partial charge in [0.1, 0.15) is 9.77 Å². The molecule has 0 saturated carbocycles. The highest BCUT2D eigenvalue weighted by molar-refractivity contribution is 7.89. The molecule has 1 amide bonds. The Balaban J connectivity index is 1.85. The van der Waals surface area contributed by atoms with E-state index in [1.807, 2.05) is 6.92 Å². The van der Waals surface area contributed by atoms with E-state index in [1.165, 1.54) is 10.4 Å². The smallest absolute Gasteiger partial charge is 0.267 e. The maximum Gasteiger partial charge on any atom is 0.267 e. The average Bonchev–Trinajstić information content (AvgIpc) is 3.10. The van der Waals surface area contributed by atoms with Gasteiger partial charge < -0.3 is 10.1 Å². The molecule has 25 heavy (non-hydrogen) atoms. The molecule has 1 aromatic heterocycles. The van der Waals surface area contributed by atoms with Crippen LogP contribution in [-0.2, 0) is 14.8 Å². The fourth-order valence-corrected chi connectivity index (χ4v) is 5.34. The molecule has 0 aliphatic carbocycles. The number of sulfonamides is 1. The average molecular weight is 401 g/mol. The summed E-state index contributed by atoms with van der Waals surface area (Å²) < 4.78 is 32.1. The number of carbonyl (C=O) groups is 1. The summed E-state index contributed by atoms with van der Waals surface area (Å²) in [6.45, 7) is 3.14. The Bertz CT molecular complexity index is 889. The molecule has 0 bridgehead atoms. The first-order valence-corrected chi connectivity index (χ1v) is 10.3. The van der Waals surface area contributed by atoms with Gasteiger partial charge in [0.25, 0.3) is 5.91 Å². The summed E-state index contributed by atoms with van der Waals surface area (Å²) in [5, 5.41) is 4.84. The van der Waals surface area contributed by atoms with E-state index in [2.05, 4.69) is 5.32 Å². The molecule has 1 aromatic carbocycles. The van der Waals surface area contributed by atoms with Crippen LogP contribution in [0.5, 0.6) is 0 Å². The second-order valence-electron chi connectivity index (χ2n) is 5.55. The summed E-state index contributed by atoms with van der Waals surface area (Å²) in [4.78, 5) is 12.7. The molecule has 0 unspecified atom stereocenters. The highest BCUT2D eigenvalue weighted by Gasteiger charge is 2.31. The lowest BCUT2D eigenvalue weighted by molar-refractivity contribution is 0.0730. The van der Waals surface area contributed by atoms with E-state index >= 15 is 0 Å². The van der Waals surface area contributed by atoms with Crippen molar-refractivity contribution in [1.29, 1.82) is 0 Å². The van der Waals surface area contributed by atoms with Crippen LogP contribution in [0.2, 0.25) is 5.02 Å². The lowest BCUT2D eigenvalue weighted by atomic mass is 10.2. The third-order valence-electron chi connectivity index (χ3n) is 3.85. The lowest BCUT2D eigenvalue weighted by Crippen LogP contribution is -2.41. The van der Waals surface area contributed by atoms with Crippen LogP contribution < -0.4 is 5.32 Å². The van der Waals surface area contributed by atoms with E-state index in [9.17, 15) is 13.2 Å². The van der Waals surface area contributed by atoms with Gasteiger partial charge in [-0.3, -0.25) is 4.79 Å². The molecule has 1 aliphatic heterocycles. The Kier molecular flexibility index (Phi) is 5.45. The summed E-state index contributed by atoms with van der Waals surface area (Å²) in [5.74, 6) is -0.471. The third-order valence-corrected chi connectivity index (χ3v) is 7.24. The number of halogens is 1. The van der Waals surface area contributed by atoms with Gasteiger partial charge >= 0.3 is 0 Å². The van der Waals surface area contributed by atoms with E-state index in [1.54, 1.807) is 23.6 Å². The molecule has 1 aliphatic rings. The van der Waals surface area contributed by atoms with Crippen LogP contribution >= 0.6 is 22.9 Å². The molecule has 0 atom stereocenters. The molecule has 1 N–H and O–H groups in total. The predicted octanol–water partition coefficient (Wildman–Crippen LogP) is 2.98. The fourth-order valence-electron chi connectivity index (χ4n) is 2.45. The van der Waals surface area contributed by atoms with Gasteiger partial charge in [-0.25, -0.2) is 8.42 Å². The summed E-state index contributed by atoms with van der Waals surface area (Å²) in [7, 11) is -3.72. The number of amides is 1. The summed E-state index contributed by atoms with van der Waals surface area (Å²) >= 11 is 7.16. The van der Waals surface area contributed by atoms with Gasteiger partial charge in [0.05, 0.1) is 13.2 Å². The number of aryl methyl sites for hydroxylation is 1. The molecule has 0 radical (unpaired) electrons. The Labute approximate surface area is 155 Å². The number of morpholine rings is 1. The number of anilines is 1. The van der Waals surface area contributed by atoms with Gasteiger partial charge in [0.15, 0.2) is 0 Å². The normalized spacial score (nSPS) is 15.9. The summed E-state index contributed by atoms with van der Waals surface area (Å²) in [6.07, 6.45) is 0. The van der Waals surface area contributed by atoms with Crippen molar-refractivity contribution in [2.75, 3.05) is 31.6 Å². The minimum Gasteiger partial charge on any atom is -0.379 e. The molecule has 3 rings (SSSR count). The van der Waals surface area contributed by atoms with Crippen molar-refractivity contribution in [2.45, 2.75) is 11.8 Å². The van der Waals surface area contributed by atoms with Crippen molar-refractivity contribution in [3.8, 4) is 0 Å². The largest absolute Gasteiger partial charge is 0.379 e. The van der Waals surface area contributed by atoms with Gasteiger partial charge in [-0.15, -0.1) is 11.3 Å². The van der Waals surface area contributed by atoms with Crippen molar-refractivity contribution in [3.63, 3.8) is 0 Å². The number of thiophene rings is 1. The van der Waals surface area contributed by atoms with Crippen molar-refractivity contribution < 1.29 is 17.9 Å². The molecule has 2 aromatic rings. The van der Waals surface area contributed by atoms with Crippen LogP contribution in [0.4, 0.5) is 5.69 Å². The van der Waals surface area contributed by atoms with Gasteiger partial charge in [-0.2, -0.15) is 4.31 Å². The van der Waals surface area contributed by atoms with Gasteiger partial charge in [0.2, 0.25) is 10.0 Å². The summed E-state index contributed by atoms with van der Waals surface area (Å²) in [5.41, 5.74) is 1.41. The first-order chi connectivity index (χ1) is 11.9. The predicted molar refractivity (Wildman–Crippen MR) is 98.0 cm³/mol. The van der Waals surface area contributed by atoms with Crippen LogP contribution in [0.1, 0.15) is 15.2 Å².